The van der Waals surface area contributed by atoms with Crippen LogP contribution in [0.25, 0.3) is 0 Å². The van der Waals surface area contributed by atoms with Gasteiger partial charge in [0.25, 0.3) is 5.78 Å². The van der Waals surface area contributed by atoms with Crippen molar-refractivity contribution < 1.29 is 19.1 Å². The van der Waals surface area contributed by atoms with Crippen LogP contribution < -0.4 is 15.6 Å². The van der Waals surface area contributed by atoms with Gasteiger partial charge in [0, 0.05) is 23.2 Å². The molecule has 9 nitrogen and oxygen atoms in total. The molecule has 160 valence electrons. The molecule has 0 aliphatic carbocycles. The molecular formula is C21H20BrN5O4. The normalized spacial score (nSPS) is 16.6. The van der Waals surface area contributed by atoms with Crippen LogP contribution in [0, 0.1) is 0 Å². The molecule has 10 heteroatoms. The van der Waals surface area contributed by atoms with E-state index >= 15 is 0 Å². The van der Waals surface area contributed by atoms with Crippen LogP contribution in [0.3, 0.4) is 0 Å². The topological polar surface area (TPSA) is 103 Å². The van der Waals surface area contributed by atoms with Crippen molar-refractivity contribution in [1.82, 2.24) is 10.3 Å². The molecule has 0 unspecified atom stereocenters. The minimum absolute atomic E-state index is 0.273. The fraction of sp³-hybridized carbons (Fsp3) is 0.238. The van der Waals surface area contributed by atoms with Gasteiger partial charge in [0.1, 0.15) is 0 Å². The van der Waals surface area contributed by atoms with Crippen molar-refractivity contribution in [2.24, 2.45) is 5.10 Å². The largest absolute Gasteiger partial charge is 0.379 e. The van der Waals surface area contributed by atoms with Gasteiger partial charge in [-0.15, -0.1) is 0 Å². The summed E-state index contributed by atoms with van der Waals surface area (Å²) < 4.78 is 6.27. The monoisotopic (exact) mass is 485 g/mol. The number of anilines is 2. The van der Waals surface area contributed by atoms with E-state index in [2.05, 4.69) is 36.7 Å². The van der Waals surface area contributed by atoms with E-state index in [1.807, 2.05) is 24.3 Å². The summed E-state index contributed by atoms with van der Waals surface area (Å²) in [6.07, 6.45) is 1.51. The van der Waals surface area contributed by atoms with Crippen molar-refractivity contribution in [3.8, 4) is 0 Å². The summed E-state index contributed by atoms with van der Waals surface area (Å²) in [5, 5.41) is 6.51. The summed E-state index contributed by atoms with van der Waals surface area (Å²) in [6.45, 7) is 2.94. The maximum atomic E-state index is 12.5. The molecule has 2 aromatic rings. The molecule has 31 heavy (non-hydrogen) atoms. The number of ketones is 1. The number of Topliss-reactive ketones (excluding diaryl/α,β-unsaturated/α-hetero) is 1. The Morgan fingerprint density at radius 1 is 1.13 bits per heavy atom. The third kappa shape index (κ3) is 4.98. The van der Waals surface area contributed by atoms with Gasteiger partial charge in [-0.3, -0.25) is 19.4 Å². The van der Waals surface area contributed by atoms with Crippen molar-refractivity contribution in [3.63, 3.8) is 0 Å². The Hall–Kier alpha value is -3.08. The number of nitrogens with zero attached hydrogens (tertiary/aromatic N) is 3. The summed E-state index contributed by atoms with van der Waals surface area (Å²) in [6, 6.07) is 11.7. The first-order chi connectivity index (χ1) is 15.0. The molecule has 3 amide bonds. The zero-order valence-electron chi connectivity index (χ0n) is 16.5. The summed E-state index contributed by atoms with van der Waals surface area (Å²) in [4.78, 5) is 40.5. The van der Waals surface area contributed by atoms with Gasteiger partial charge in [-0.05, 0) is 35.9 Å². The molecule has 0 spiro atoms. The highest BCUT2D eigenvalue weighted by atomic mass is 79.9. The van der Waals surface area contributed by atoms with E-state index < -0.39 is 17.7 Å². The van der Waals surface area contributed by atoms with Crippen molar-refractivity contribution in [2.45, 2.75) is 0 Å². The summed E-state index contributed by atoms with van der Waals surface area (Å²) >= 11 is 3.35. The van der Waals surface area contributed by atoms with Gasteiger partial charge in [-0.2, -0.15) is 5.10 Å². The number of carbonyl (C=O) groups is 3. The van der Waals surface area contributed by atoms with Crippen LogP contribution >= 0.6 is 15.9 Å². The number of benzene rings is 2. The maximum absolute atomic E-state index is 12.5. The summed E-state index contributed by atoms with van der Waals surface area (Å²) in [5.74, 6) is -1.15. The van der Waals surface area contributed by atoms with Gasteiger partial charge in [0.15, 0.2) is 0 Å². The predicted octanol–water partition coefficient (Wildman–Crippen LogP) is 2.42. The van der Waals surface area contributed by atoms with Gasteiger partial charge in [-0.1, -0.05) is 28.1 Å². The van der Waals surface area contributed by atoms with Crippen LogP contribution in [-0.4, -0.2) is 61.8 Å². The van der Waals surface area contributed by atoms with Gasteiger partial charge in [-0.25, -0.2) is 10.2 Å². The van der Waals surface area contributed by atoms with Crippen LogP contribution in [0.5, 0.6) is 0 Å². The lowest BCUT2D eigenvalue weighted by Gasteiger charge is -2.30. The Kier molecular flexibility index (Phi) is 6.40. The molecule has 0 atom stereocenters. The van der Waals surface area contributed by atoms with Crippen molar-refractivity contribution in [2.75, 3.05) is 43.2 Å². The van der Waals surface area contributed by atoms with E-state index in [9.17, 15) is 14.4 Å². The van der Waals surface area contributed by atoms with Crippen LogP contribution in [0.1, 0.15) is 15.9 Å². The quantitative estimate of drug-likeness (QED) is 0.384. The SMILES string of the molecule is O=C(N/N=C/c1ccc(Br)cc1)Nc1ccc2c(c1)C(=O)C(=O)N2CN1CCOCC1. The molecule has 2 aromatic carbocycles. The standard InChI is InChI=1S/C21H20BrN5O4/c22-15-3-1-14(2-4-15)12-23-25-21(30)24-16-5-6-18-17(11-16)19(28)20(29)27(18)13-26-7-9-31-10-8-26/h1-6,11-12H,7-10,13H2,(H2,24,25,30)/b23-12+. The minimum Gasteiger partial charge on any atom is -0.379 e. The number of fused-ring (bicyclic) bond motifs is 1. The summed E-state index contributed by atoms with van der Waals surface area (Å²) in [5.41, 5.74) is 4.40. The second kappa shape index (κ2) is 9.38. The van der Waals surface area contributed by atoms with Crippen LogP contribution in [0.15, 0.2) is 52.0 Å². The molecule has 4 rings (SSSR count). The van der Waals surface area contributed by atoms with Gasteiger partial charge in [0.05, 0.1) is 37.3 Å². The number of urea groups is 1. The lowest BCUT2D eigenvalue weighted by Crippen LogP contribution is -2.45. The molecule has 2 N–H and O–H groups in total. The van der Waals surface area contributed by atoms with Crippen LogP contribution in [-0.2, 0) is 9.53 Å². The zero-order chi connectivity index (χ0) is 21.8. The molecule has 0 bridgehead atoms. The van der Waals surface area contributed by atoms with Gasteiger partial charge in [0.2, 0.25) is 0 Å². The number of hydrogen-bond acceptors (Lipinski definition) is 6. The second-order valence-corrected chi connectivity index (χ2v) is 7.96. The zero-order valence-corrected chi connectivity index (χ0v) is 18.1. The van der Waals surface area contributed by atoms with E-state index in [0.717, 1.165) is 10.0 Å². The van der Waals surface area contributed by atoms with E-state index in [-0.39, 0.29) is 5.56 Å². The van der Waals surface area contributed by atoms with Crippen molar-refractivity contribution in [3.05, 3.63) is 58.1 Å². The first-order valence-electron chi connectivity index (χ1n) is 9.67. The number of nitrogens with one attached hydrogen (secondary N) is 2. The molecule has 1 saturated heterocycles. The number of hydrogen-bond donors (Lipinski definition) is 2. The number of amides is 3. The van der Waals surface area contributed by atoms with E-state index in [0.29, 0.717) is 44.3 Å². The maximum Gasteiger partial charge on any atom is 0.339 e. The fourth-order valence-corrected chi connectivity index (χ4v) is 3.60. The first kappa shape index (κ1) is 21.2. The average molecular weight is 486 g/mol. The molecule has 1 fully saturated rings. The minimum atomic E-state index is -0.583. The highest BCUT2D eigenvalue weighted by Gasteiger charge is 2.37. The van der Waals surface area contributed by atoms with Crippen LogP contribution in [0.2, 0.25) is 0 Å². The van der Waals surface area contributed by atoms with Crippen molar-refractivity contribution >= 4 is 51.2 Å². The van der Waals surface area contributed by atoms with Crippen LogP contribution in [0.4, 0.5) is 16.2 Å². The highest BCUT2D eigenvalue weighted by molar-refractivity contribution is 9.10. The summed E-state index contributed by atoms with van der Waals surface area (Å²) in [7, 11) is 0. The van der Waals surface area contributed by atoms with Gasteiger partial charge >= 0.3 is 11.9 Å². The highest BCUT2D eigenvalue weighted by Crippen LogP contribution is 2.31. The fourth-order valence-electron chi connectivity index (χ4n) is 3.33. The Bertz CT molecular complexity index is 1030. The van der Waals surface area contributed by atoms with Crippen molar-refractivity contribution in [1.29, 1.82) is 0 Å². The Morgan fingerprint density at radius 3 is 2.61 bits per heavy atom. The second-order valence-electron chi connectivity index (χ2n) is 7.04. The molecular weight excluding hydrogens is 466 g/mol. The molecule has 0 aromatic heterocycles. The van der Waals surface area contributed by atoms with Gasteiger partial charge < -0.3 is 10.1 Å². The molecule has 2 aliphatic rings. The Balaban J connectivity index is 1.39. The molecule has 0 saturated carbocycles. The Morgan fingerprint density at radius 2 is 1.87 bits per heavy atom. The average Bonchev–Trinajstić information content (AvgIpc) is 3.00. The molecule has 2 aliphatic heterocycles. The Labute approximate surface area is 187 Å². The predicted molar refractivity (Wildman–Crippen MR) is 119 cm³/mol. The number of halogens is 1. The number of hydrazone groups is 1. The third-order valence-electron chi connectivity index (χ3n) is 4.92. The lowest BCUT2D eigenvalue weighted by atomic mass is 10.1. The number of morpholine rings is 1. The number of carbonyl (C=O) groups excluding carboxylic acids is 3. The smallest absolute Gasteiger partial charge is 0.339 e. The van der Waals surface area contributed by atoms with E-state index in [4.69, 9.17) is 4.74 Å². The van der Waals surface area contributed by atoms with E-state index in [1.165, 1.54) is 17.2 Å². The lowest BCUT2D eigenvalue weighted by molar-refractivity contribution is -0.114. The first-order valence-corrected chi connectivity index (χ1v) is 10.5. The number of rotatable bonds is 5. The third-order valence-corrected chi connectivity index (χ3v) is 5.45. The van der Waals surface area contributed by atoms with E-state index in [1.54, 1.807) is 12.1 Å². The molecule has 2 heterocycles. The number of ether oxygens (including phenoxy) is 1. The molecule has 0 radical (unpaired) electrons.